The van der Waals surface area contributed by atoms with Crippen molar-refractivity contribution in [2.24, 2.45) is 11.8 Å². The predicted octanol–water partition coefficient (Wildman–Crippen LogP) is 5.99. The molecule has 4 atom stereocenters. The van der Waals surface area contributed by atoms with E-state index in [9.17, 15) is 19.2 Å². The SMILES string of the molecule is COc1ccc(C(=O)C2C3C(=O)N(c4cccc5ccccc45)C(=O)C3C3C=C(C(=O)c4ccccc4)C=CN32)cc1Br. The van der Waals surface area contributed by atoms with E-state index in [2.05, 4.69) is 15.9 Å². The van der Waals surface area contributed by atoms with Gasteiger partial charge in [0, 0.05) is 28.3 Å². The first-order valence-electron chi connectivity index (χ1n) is 13.9. The normalized spacial score (nSPS) is 22.4. The van der Waals surface area contributed by atoms with E-state index in [-0.39, 0.29) is 17.5 Å². The third-order valence-electron chi connectivity index (χ3n) is 8.56. The van der Waals surface area contributed by atoms with Gasteiger partial charge in [0.2, 0.25) is 11.8 Å². The number of amides is 2. The predicted molar refractivity (Wildman–Crippen MR) is 166 cm³/mol. The van der Waals surface area contributed by atoms with Crippen LogP contribution in [0.15, 0.2) is 119 Å². The molecule has 7 nitrogen and oxygen atoms in total. The second kappa shape index (κ2) is 10.5. The number of allylic oxidation sites excluding steroid dienone is 2. The number of halogens is 1. The number of nitrogens with zero attached hydrogens (tertiary/aromatic N) is 2. The summed E-state index contributed by atoms with van der Waals surface area (Å²) in [5, 5.41) is 1.66. The second-order valence-corrected chi connectivity index (χ2v) is 11.6. The maximum absolute atomic E-state index is 14.3. The van der Waals surface area contributed by atoms with Crippen LogP contribution in [-0.4, -0.2) is 47.5 Å². The average Bonchev–Trinajstić information content (AvgIpc) is 3.51. The topological polar surface area (TPSA) is 84.0 Å². The molecular formula is C35H25BrN2O5. The van der Waals surface area contributed by atoms with E-state index in [4.69, 9.17) is 4.74 Å². The van der Waals surface area contributed by atoms with Gasteiger partial charge in [0.25, 0.3) is 0 Å². The Hall–Kier alpha value is -4.82. The van der Waals surface area contributed by atoms with E-state index in [1.54, 1.807) is 71.8 Å². The van der Waals surface area contributed by atoms with E-state index < -0.39 is 29.8 Å². The van der Waals surface area contributed by atoms with Crippen molar-refractivity contribution >= 4 is 55.8 Å². The Morgan fingerprint density at radius 2 is 1.53 bits per heavy atom. The van der Waals surface area contributed by atoms with Crippen LogP contribution < -0.4 is 9.64 Å². The van der Waals surface area contributed by atoms with Gasteiger partial charge in [-0.3, -0.25) is 19.2 Å². The number of hydrogen-bond acceptors (Lipinski definition) is 6. The number of carbonyl (C=O) groups is 4. The van der Waals surface area contributed by atoms with Crippen molar-refractivity contribution < 1.29 is 23.9 Å². The summed E-state index contributed by atoms with van der Waals surface area (Å²) in [6.45, 7) is 0. The number of carbonyl (C=O) groups excluding carboxylic acids is 4. The van der Waals surface area contributed by atoms with Crippen LogP contribution in [0.2, 0.25) is 0 Å². The highest BCUT2D eigenvalue weighted by Crippen LogP contribution is 2.48. The summed E-state index contributed by atoms with van der Waals surface area (Å²) in [6.07, 6.45) is 5.08. The Bertz CT molecular complexity index is 1890. The molecule has 0 spiro atoms. The molecule has 0 N–H and O–H groups in total. The third-order valence-corrected chi connectivity index (χ3v) is 9.18. The second-order valence-electron chi connectivity index (χ2n) is 10.8. The first kappa shape index (κ1) is 27.0. The molecule has 0 aliphatic carbocycles. The zero-order chi connectivity index (χ0) is 29.8. The van der Waals surface area contributed by atoms with Crippen molar-refractivity contribution in [2.75, 3.05) is 12.0 Å². The third kappa shape index (κ3) is 4.24. The number of imide groups is 1. The molecule has 2 amide bonds. The molecule has 3 aliphatic rings. The van der Waals surface area contributed by atoms with Gasteiger partial charge in [0.15, 0.2) is 11.6 Å². The number of hydrogen-bond donors (Lipinski definition) is 0. The van der Waals surface area contributed by atoms with Crippen molar-refractivity contribution in [3.05, 3.63) is 131 Å². The summed E-state index contributed by atoms with van der Waals surface area (Å²) in [5.74, 6) is -2.53. The molecule has 4 aromatic rings. The van der Waals surface area contributed by atoms with Crippen molar-refractivity contribution in [1.29, 1.82) is 0 Å². The van der Waals surface area contributed by atoms with Crippen molar-refractivity contribution in [1.82, 2.24) is 4.90 Å². The van der Waals surface area contributed by atoms with E-state index in [1.165, 1.54) is 12.0 Å². The van der Waals surface area contributed by atoms with E-state index in [0.29, 0.717) is 32.6 Å². The molecule has 0 bridgehead atoms. The molecular weight excluding hydrogens is 608 g/mol. The largest absolute Gasteiger partial charge is 0.496 e. The zero-order valence-corrected chi connectivity index (χ0v) is 24.6. The van der Waals surface area contributed by atoms with Crippen LogP contribution in [0, 0.1) is 11.8 Å². The fourth-order valence-electron chi connectivity index (χ4n) is 6.59. The summed E-state index contributed by atoms with van der Waals surface area (Å²) in [6, 6.07) is 25.4. The van der Waals surface area contributed by atoms with Crippen LogP contribution >= 0.6 is 15.9 Å². The fraction of sp³-hybridized carbons (Fsp3) is 0.143. The van der Waals surface area contributed by atoms with Gasteiger partial charge in [0.1, 0.15) is 11.8 Å². The number of ether oxygens (including phenoxy) is 1. The molecule has 4 aromatic carbocycles. The van der Waals surface area contributed by atoms with Crippen molar-refractivity contribution in [3.8, 4) is 5.75 Å². The first-order chi connectivity index (χ1) is 20.9. The lowest BCUT2D eigenvalue weighted by molar-refractivity contribution is -0.123. The standard InChI is InChI=1S/C35H25BrN2O5/c1-43-28-15-14-22(18-25(28)36)33(40)31-30-29(27-19-23(16-17-37(27)31)32(39)21-9-3-2-4-10-21)34(41)38(35(30)42)26-13-7-11-20-8-5-6-12-24(20)26/h2-19,27,29-31H,1H3. The summed E-state index contributed by atoms with van der Waals surface area (Å²) < 4.78 is 5.94. The molecule has 4 unspecified atom stereocenters. The lowest BCUT2D eigenvalue weighted by Crippen LogP contribution is -2.46. The highest BCUT2D eigenvalue weighted by molar-refractivity contribution is 9.10. The van der Waals surface area contributed by atoms with Gasteiger partial charge < -0.3 is 9.64 Å². The summed E-state index contributed by atoms with van der Waals surface area (Å²) >= 11 is 3.46. The molecule has 3 heterocycles. The molecule has 8 heteroatoms. The molecule has 0 aromatic heterocycles. The highest BCUT2D eigenvalue weighted by Gasteiger charge is 2.63. The number of fused-ring (bicyclic) bond motifs is 4. The van der Waals surface area contributed by atoms with Crippen LogP contribution in [0.1, 0.15) is 20.7 Å². The Balaban J connectivity index is 1.34. The number of rotatable bonds is 6. The lowest BCUT2D eigenvalue weighted by atomic mass is 9.85. The van der Waals surface area contributed by atoms with Gasteiger partial charge in [0.05, 0.1) is 35.1 Å². The van der Waals surface area contributed by atoms with Crippen molar-refractivity contribution in [3.63, 3.8) is 0 Å². The van der Waals surface area contributed by atoms with Crippen LogP contribution in [-0.2, 0) is 9.59 Å². The van der Waals surface area contributed by atoms with Crippen LogP contribution in [0.4, 0.5) is 5.69 Å². The Morgan fingerprint density at radius 1 is 0.814 bits per heavy atom. The van der Waals surface area contributed by atoms with Crippen molar-refractivity contribution in [2.45, 2.75) is 12.1 Å². The Labute approximate surface area is 256 Å². The molecule has 43 heavy (non-hydrogen) atoms. The number of methoxy groups -OCH3 is 1. The molecule has 0 radical (unpaired) electrons. The minimum atomic E-state index is -0.951. The highest BCUT2D eigenvalue weighted by atomic mass is 79.9. The van der Waals surface area contributed by atoms with Gasteiger partial charge in [-0.25, -0.2) is 4.90 Å². The molecule has 0 saturated carbocycles. The Morgan fingerprint density at radius 3 is 2.30 bits per heavy atom. The maximum Gasteiger partial charge on any atom is 0.240 e. The zero-order valence-electron chi connectivity index (χ0n) is 23.0. The smallest absolute Gasteiger partial charge is 0.240 e. The molecule has 3 aliphatic heterocycles. The van der Waals surface area contributed by atoms with Gasteiger partial charge in [-0.1, -0.05) is 72.8 Å². The van der Waals surface area contributed by atoms with E-state index in [1.807, 2.05) is 42.5 Å². The summed E-state index contributed by atoms with van der Waals surface area (Å²) in [4.78, 5) is 59.3. The van der Waals surface area contributed by atoms with Gasteiger partial charge >= 0.3 is 0 Å². The maximum atomic E-state index is 14.3. The lowest BCUT2D eigenvalue weighted by Gasteiger charge is -2.33. The minimum Gasteiger partial charge on any atom is -0.496 e. The van der Waals surface area contributed by atoms with Gasteiger partial charge in [-0.15, -0.1) is 0 Å². The number of Topliss-reactive ketones (excluding diaryl/α,β-unsaturated/α-hetero) is 2. The molecule has 7 rings (SSSR count). The monoisotopic (exact) mass is 632 g/mol. The average molecular weight is 633 g/mol. The van der Waals surface area contributed by atoms with Crippen LogP contribution in [0.3, 0.4) is 0 Å². The Kier molecular flexibility index (Phi) is 6.58. The van der Waals surface area contributed by atoms with Gasteiger partial charge in [-0.05, 0) is 51.7 Å². The van der Waals surface area contributed by atoms with E-state index >= 15 is 0 Å². The number of ketones is 2. The summed E-state index contributed by atoms with van der Waals surface area (Å²) in [7, 11) is 1.54. The molecule has 212 valence electrons. The number of anilines is 1. The first-order valence-corrected chi connectivity index (χ1v) is 14.7. The fourth-order valence-corrected chi connectivity index (χ4v) is 7.13. The van der Waals surface area contributed by atoms with Crippen LogP contribution in [0.25, 0.3) is 10.8 Å². The summed E-state index contributed by atoms with van der Waals surface area (Å²) in [5.41, 5.74) is 1.80. The molecule has 2 saturated heterocycles. The quantitative estimate of drug-likeness (QED) is 0.192. The molecule has 2 fully saturated rings. The minimum absolute atomic E-state index is 0.190. The van der Waals surface area contributed by atoms with Crippen LogP contribution in [0.5, 0.6) is 5.75 Å². The van der Waals surface area contributed by atoms with Gasteiger partial charge in [-0.2, -0.15) is 0 Å². The number of benzene rings is 4. The van der Waals surface area contributed by atoms with E-state index in [0.717, 1.165) is 10.8 Å².